The number of aromatic amines is 1. The number of primary amides is 2. The Morgan fingerprint density at radius 2 is 1.73 bits per heavy atom. The van der Waals surface area contributed by atoms with E-state index >= 15 is 0 Å². The Labute approximate surface area is 313 Å². The van der Waals surface area contributed by atoms with Crippen LogP contribution in [0.3, 0.4) is 0 Å². The van der Waals surface area contributed by atoms with Crippen molar-refractivity contribution in [1.29, 1.82) is 0 Å². The second-order valence-corrected chi connectivity index (χ2v) is 12.7. The highest BCUT2D eigenvalue weighted by molar-refractivity contribution is 6.08. The number of aromatic nitrogens is 9. The molecule has 0 aliphatic rings. The quantitative estimate of drug-likeness (QED) is 0.0746. The smallest absolute Gasteiger partial charge is 0.295 e. The summed E-state index contributed by atoms with van der Waals surface area (Å²) in [7, 11) is 1.85. The third kappa shape index (κ3) is 7.21. The van der Waals surface area contributed by atoms with E-state index in [4.69, 9.17) is 30.6 Å². The summed E-state index contributed by atoms with van der Waals surface area (Å²) in [5.41, 5.74) is 15.0. The zero-order valence-corrected chi connectivity index (χ0v) is 30.6. The van der Waals surface area contributed by atoms with Crippen LogP contribution in [-0.2, 0) is 19.5 Å². The number of hydrogen-bond donors (Lipinski definition) is 5. The van der Waals surface area contributed by atoms with E-state index in [1.165, 1.54) is 6.20 Å². The fraction of sp³-hybridized carbons (Fsp3) is 0.270. The van der Waals surface area contributed by atoms with E-state index in [1.54, 1.807) is 36.6 Å². The zero-order valence-electron chi connectivity index (χ0n) is 30.6. The molecule has 7 N–H and O–H groups in total. The SMILES string of the molecule is CCc1nc(C)oc1C(=O)Nc1nc2cc(C(N)=O)cc(OCCCNC)c2n1C/C=C/Cn1c2ncc(C(N)=O)cc2c2ccc(-c3n[nH]c(C)n3)nc21. The number of amides is 3. The Balaban J connectivity index is 1.29. The monoisotopic (exact) mass is 745 g/mol. The van der Waals surface area contributed by atoms with E-state index in [2.05, 4.69) is 35.8 Å². The molecule has 0 aliphatic carbocycles. The number of oxazole rings is 1. The summed E-state index contributed by atoms with van der Waals surface area (Å²) in [5.74, 6) is 0.333. The van der Waals surface area contributed by atoms with Crippen LogP contribution in [0.4, 0.5) is 5.95 Å². The summed E-state index contributed by atoms with van der Waals surface area (Å²) in [6.45, 7) is 6.96. The normalized spacial score (nSPS) is 11.7. The van der Waals surface area contributed by atoms with Crippen molar-refractivity contribution in [3.05, 3.63) is 83.0 Å². The third-order valence-corrected chi connectivity index (χ3v) is 8.89. The summed E-state index contributed by atoms with van der Waals surface area (Å²) >= 11 is 0. The highest BCUT2D eigenvalue weighted by Crippen LogP contribution is 2.32. The van der Waals surface area contributed by atoms with Crippen molar-refractivity contribution in [3.8, 4) is 17.3 Å². The van der Waals surface area contributed by atoms with Crippen molar-refractivity contribution < 1.29 is 23.5 Å². The lowest BCUT2D eigenvalue weighted by Crippen LogP contribution is -2.17. The number of anilines is 1. The summed E-state index contributed by atoms with van der Waals surface area (Å²) in [6, 6.07) is 8.55. The Morgan fingerprint density at radius 3 is 2.44 bits per heavy atom. The fourth-order valence-electron chi connectivity index (χ4n) is 6.32. The number of hydrogen-bond acceptors (Lipinski definition) is 12. The van der Waals surface area contributed by atoms with Gasteiger partial charge in [0.25, 0.3) is 5.91 Å². The van der Waals surface area contributed by atoms with Crippen LogP contribution < -0.4 is 26.8 Å². The van der Waals surface area contributed by atoms with E-state index in [9.17, 15) is 14.4 Å². The molecule has 18 nitrogen and oxygen atoms in total. The summed E-state index contributed by atoms with van der Waals surface area (Å²) in [4.78, 5) is 61.0. The topological polar surface area (TPSA) is 253 Å². The van der Waals surface area contributed by atoms with Crippen molar-refractivity contribution in [3.63, 3.8) is 0 Å². The number of carbonyl (C=O) groups is 3. The number of fused-ring (bicyclic) bond motifs is 4. The van der Waals surface area contributed by atoms with Gasteiger partial charge in [0.15, 0.2) is 11.7 Å². The van der Waals surface area contributed by atoms with Crippen molar-refractivity contribution >= 4 is 56.8 Å². The van der Waals surface area contributed by atoms with Crippen molar-refractivity contribution in [2.45, 2.75) is 46.7 Å². The summed E-state index contributed by atoms with van der Waals surface area (Å²) < 4.78 is 15.5. The molecule has 0 bridgehead atoms. The predicted molar refractivity (Wildman–Crippen MR) is 204 cm³/mol. The molecule has 1 aromatic carbocycles. The molecule has 6 heterocycles. The van der Waals surface area contributed by atoms with E-state index in [0.29, 0.717) is 94.9 Å². The Kier molecular flexibility index (Phi) is 10.1. The lowest BCUT2D eigenvalue weighted by atomic mass is 10.1. The molecule has 0 saturated carbocycles. The average molecular weight is 746 g/mol. The number of rotatable bonds is 15. The van der Waals surface area contributed by atoms with Crippen molar-refractivity contribution in [2.75, 3.05) is 25.5 Å². The van der Waals surface area contributed by atoms with Gasteiger partial charge in [-0.1, -0.05) is 19.1 Å². The molecule has 6 aromatic heterocycles. The minimum atomic E-state index is -0.649. The van der Waals surface area contributed by atoms with Gasteiger partial charge in [-0.25, -0.2) is 24.9 Å². The molecular formula is C37H39N13O5. The van der Waals surface area contributed by atoms with Gasteiger partial charge >= 0.3 is 0 Å². The van der Waals surface area contributed by atoms with Crippen molar-refractivity contribution in [2.24, 2.45) is 11.5 Å². The number of nitrogens with one attached hydrogen (secondary N) is 3. The molecule has 3 amide bonds. The molecule has 7 aromatic rings. The van der Waals surface area contributed by atoms with Crippen molar-refractivity contribution in [1.82, 2.24) is 49.6 Å². The molecule has 7 rings (SSSR count). The maximum Gasteiger partial charge on any atom is 0.295 e. The van der Waals surface area contributed by atoms with Gasteiger partial charge in [0, 0.05) is 42.5 Å². The molecule has 0 fully saturated rings. The Hall–Kier alpha value is -6.95. The first-order chi connectivity index (χ1) is 26.6. The first-order valence-corrected chi connectivity index (χ1v) is 17.6. The van der Waals surface area contributed by atoms with Crippen LogP contribution in [0.5, 0.6) is 5.75 Å². The van der Waals surface area contributed by atoms with E-state index < -0.39 is 17.7 Å². The van der Waals surface area contributed by atoms with Gasteiger partial charge in [0.1, 0.15) is 34.1 Å². The molecule has 0 unspecified atom stereocenters. The Bertz CT molecular complexity index is 2630. The van der Waals surface area contributed by atoms with Gasteiger partial charge in [-0.05, 0) is 63.7 Å². The largest absolute Gasteiger partial charge is 0.491 e. The van der Waals surface area contributed by atoms with Crippen LogP contribution in [-0.4, -0.2) is 82.2 Å². The fourth-order valence-corrected chi connectivity index (χ4v) is 6.32. The van der Waals surface area contributed by atoms with Crippen LogP contribution >= 0.6 is 0 Å². The predicted octanol–water partition coefficient (Wildman–Crippen LogP) is 3.58. The maximum atomic E-state index is 13.6. The molecule has 0 radical (unpaired) electrons. The second-order valence-electron chi connectivity index (χ2n) is 12.7. The Morgan fingerprint density at radius 1 is 0.945 bits per heavy atom. The standard InChI is InChI=1S/C37H39N13O5/c1-5-25-30(55-20(3)43-25)36(53)46-37-45-27-16-21(31(38)51)17-28(54-14-8-11-40-4)29(27)49(37)12-6-7-13-50-34-24(15-22(18-41-34)32(39)52)23-9-10-26(44-35(23)50)33-42-19(2)47-48-33/h6-7,9-10,15-18,40H,5,8,11-14H2,1-4H3,(H2,38,51)(H2,39,52)(H,42,47,48)(H,45,46,53)/b7-6+. The number of nitrogens with zero attached hydrogens (tertiary/aromatic N) is 8. The van der Waals surface area contributed by atoms with Gasteiger partial charge in [-0.2, -0.15) is 5.10 Å². The number of allylic oxidation sites excluding steroid dienone is 2. The number of benzene rings is 1. The number of pyridine rings is 2. The number of imidazole rings is 1. The highest BCUT2D eigenvalue weighted by atomic mass is 16.5. The summed E-state index contributed by atoms with van der Waals surface area (Å²) in [6.07, 6.45) is 6.44. The van der Waals surface area contributed by atoms with Crippen LogP contribution in [0.15, 0.2) is 53.1 Å². The lowest BCUT2D eigenvalue weighted by molar-refractivity contribution is 0.0987. The van der Waals surface area contributed by atoms with Gasteiger partial charge in [-0.3, -0.25) is 24.8 Å². The first kappa shape index (κ1) is 36.4. The summed E-state index contributed by atoms with van der Waals surface area (Å²) in [5, 5.41) is 14.6. The molecular weight excluding hydrogens is 706 g/mol. The average Bonchev–Trinajstić information content (AvgIpc) is 3.94. The molecule has 55 heavy (non-hydrogen) atoms. The molecule has 18 heteroatoms. The second kappa shape index (κ2) is 15.2. The van der Waals surface area contributed by atoms with E-state index in [1.807, 2.05) is 42.8 Å². The van der Waals surface area contributed by atoms with E-state index in [-0.39, 0.29) is 29.4 Å². The number of H-pyrrole nitrogens is 1. The molecule has 0 aliphatic heterocycles. The minimum Gasteiger partial charge on any atom is -0.491 e. The number of carbonyl (C=O) groups excluding carboxylic acids is 3. The maximum absolute atomic E-state index is 13.6. The lowest BCUT2D eigenvalue weighted by Gasteiger charge is -2.12. The first-order valence-electron chi connectivity index (χ1n) is 17.6. The number of ether oxygens (including phenoxy) is 1. The van der Waals surface area contributed by atoms with Crippen LogP contribution in [0, 0.1) is 13.8 Å². The minimum absolute atomic E-state index is 0.0842. The van der Waals surface area contributed by atoms with Gasteiger partial charge in [-0.15, -0.1) is 0 Å². The molecule has 0 spiro atoms. The molecule has 0 atom stereocenters. The number of nitrogens with two attached hydrogens (primary N) is 2. The molecule has 0 saturated heterocycles. The highest BCUT2D eigenvalue weighted by Gasteiger charge is 2.24. The van der Waals surface area contributed by atoms with Crippen LogP contribution in [0.1, 0.15) is 62.0 Å². The molecule has 282 valence electrons. The van der Waals surface area contributed by atoms with Gasteiger partial charge in [0.05, 0.1) is 23.4 Å². The third-order valence-electron chi connectivity index (χ3n) is 8.89. The van der Waals surface area contributed by atoms with Crippen LogP contribution in [0.2, 0.25) is 0 Å². The number of aryl methyl sites for hydroxylation is 3. The van der Waals surface area contributed by atoms with Gasteiger partial charge < -0.3 is 35.1 Å². The van der Waals surface area contributed by atoms with E-state index in [0.717, 1.165) is 5.39 Å². The zero-order chi connectivity index (χ0) is 38.8. The van der Waals surface area contributed by atoms with Crippen LogP contribution in [0.25, 0.3) is 44.6 Å². The van der Waals surface area contributed by atoms with Gasteiger partial charge in [0.2, 0.25) is 23.5 Å².